The Balaban J connectivity index is 1.83. The second-order valence-electron chi connectivity index (χ2n) is 5.69. The van der Waals surface area contributed by atoms with Crippen LogP contribution in [0.2, 0.25) is 5.02 Å². The van der Waals surface area contributed by atoms with Crippen molar-refractivity contribution in [3.63, 3.8) is 0 Å². The summed E-state index contributed by atoms with van der Waals surface area (Å²) in [5.74, 6) is 0. The molecule has 0 spiro atoms. The van der Waals surface area contributed by atoms with E-state index in [9.17, 15) is 5.11 Å². The van der Waals surface area contributed by atoms with Gasteiger partial charge in [0.15, 0.2) is 0 Å². The molecule has 2 heterocycles. The molecule has 1 unspecified atom stereocenters. The molecule has 0 bridgehead atoms. The third-order valence-electron chi connectivity index (χ3n) is 4.18. The highest BCUT2D eigenvalue weighted by atomic mass is 35.5. The zero-order valence-corrected chi connectivity index (χ0v) is 14.1. The Morgan fingerprint density at radius 1 is 1.43 bits per heavy atom. The number of aromatic nitrogens is 2. The quantitative estimate of drug-likeness (QED) is 0.920. The van der Waals surface area contributed by atoms with E-state index >= 15 is 0 Å². The van der Waals surface area contributed by atoms with Gasteiger partial charge in [-0.1, -0.05) is 11.6 Å². The lowest BCUT2D eigenvalue weighted by Crippen LogP contribution is -2.08. The van der Waals surface area contributed by atoms with E-state index in [1.807, 2.05) is 18.5 Å². The van der Waals surface area contributed by atoms with E-state index < -0.39 is 6.10 Å². The monoisotopic (exact) mass is 324 g/mol. The summed E-state index contributed by atoms with van der Waals surface area (Å²) >= 11 is 8.10. The molecule has 1 N–H and O–H groups in total. The molecule has 0 aliphatic heterocycles. The Hall–Kier alpha value is -0.840. The molecule has 0 fully saturated rings. The number of aliphatic hydroxyl groups is 1. The molecular formula is C16H21ClN2OS. The molecule has 0 saturated heterocycles. The second-order valence-corrected chi connectivity index (χ2v) is 7.23. The fourth-order valence-electron chi connectivity index (χ4n) is 3.03. The van der Waals surface area contributed by atoms with Crippen LogP contribution in [0.3, 0.4) is 0 Å². The number of aliphatic hydroxyl groups excluding tert-OH is 1. The Kier molecular flexibility index (Phi) is 4.38. The minimum absolute atomic E-state index is 0.487. The first-order valence-electron chi connectivity index (χ1n) is 7.61. The van der Waals surface area contributed by atoms with Crippen molar-refractivity contribution in [3.05, 3.63) is 37.8 Å². The third-order valence-corrected chi connectivity index (χ3v) is 6.01. The molecule has 0 amide bonds. The summed E-state index contributed by atoms with van der Waals surface area (Å²) in [4.78, 5) is 2.53. The van der Waals surface area contributed by atoms with Gasteiger partial charge in [0.1, 0.15) is 0 Å². The third kappa shape index (κ3) is 2.89. The van der Waals surface area contributed by atoms with E-state index in [1.165, 1.54) is 29.7 Å². The first kappa shape index (κ1) is 15.1. The van der Waals surface area contributed by atoms with Crippen molar-refractivity contribution in [2.45, 2.75) is 58.6 Å². The van der Waals surface area contributed by atoms with Crippen LogP contribution in [0, 0.1) is 6.92 Å². The molecule has 1 aliphatic rings. The van der Waals surface area contributed by atoms with Gasteiger partial charge in [0.05, 0.1) is 22.5 Å². The fraction of sp³-hybridized carbons (Fsp3) is 0.562. The van der Waals surface area contributed by atoms with Gasteiger partial charge in [-0.2, -0.15) is 5.10 Å². The van der Waals surface area contributed by atoms with Gasteiger partial charge < -0.3 is 5.11 Å². The zero-order valence-electron chi connectivity index (χ0n) is 12.5. The first-order chi connectivity index (χ1) is 10.1. The number of thiophene rings is 1. The van der Waals surface area contributed by atoms with E-state index in [4.69, 9.17) is 11.6 Å². The lowest BCUT2D eigenvalue weighted by atomic mass is 9.98. The summed E-state index contributed by atoms with van der Waals surface area (Å²) in [5.41, 5.74) is 3.22. The van der Waals surface area contributed by atoms with Crippen molar-refractivity contribution < 1.29 is 5.11 Å². The average Bonchev–Trinajstić information content (AvgIpc) is 3.03. The lowest BCUT2D eigenvalue weighted by molar-refractivity contribution is 0.179. The predicted octanol–water partition coefficient (Wildman–Crippen LogP) is 4.08. The van der Waals surface area contributed by atoms with Gasteiger partial charge in [0.25, 0.3) is 0 Å². The van der Waals surface area contributed by atoms with Crippen LogP contribution in [-0.4, -0.2) is 14.9 Å². The zero-order chi connectivity index (χ0) is 15.0. The van der Waals surface area contributed by atoms with Crippen molar-refractivity contribution in [2.75, 3.05) is 0 Å². The SMILES string of the molecule is CCn1nc(C)c(Cl)c1CC(O)c1cc2c(s1)CCCC2. The highest BCUT2D eigenvalue weighted by Gasteiger charge is 2.21. The van der Waals surface area contributed by atoms with E-state index in [0.717, 1.165) is 29.2 Å². The summed E-state index contributed by atoms with van der Waals surface area (Å²) in [5, 5.41) is 15.7. The van der Waals surface area contributed by atoms with Gasteiger partial charge >= 0.3 is 0 Å². The molecule has 5 heteroatoms. The van der Waals surface area contributed by atoms with Gasteiger partial charge in [-0.25, -0.2) is 0 Å². The van der Waals surface area contributed by atoms with Gasteiger partial charge in [0, 0.05) is 22.7 Å². The Morgan fingerprint density at radius 2 is 2.19 bits per heavy atom. The van der Waals surface area contributed by atoms with Crippen LogP contribution in [0.1, 0.15) is 52.6 Å². The largest absolute Gasteiger partial charge is 0.387 e. The van der Waals surface area contributed by atoms with Crippen molar-refractivity contribution in [1.29, 1.82) is 0 Å². The fourth-order valence-corrected chi connectivity index (χ4v) is 4.48. The smallest absolute Gasteiger partial charge is 0.0937 e. The van der Waals surface area contributed by atoms with Crippen molar-refractivity contribution in [3.8, 4) is 0 Å². The molecule has 0 aromatic carbocycles. The molecular weight excluding hydrogens is 304 g/mol. The summed E-state index contributed by atoms with van der Waals surface area (Å²) in [6.07, 6.45) is 4.92. The maximum atomic E-state index is 10.6. The summed E-state index contributed by atoms with van der Waals surface area (Å²) in [7, 11) is 0. The van der Waals surface area contributed by atoms with Crippen LogP contribution in [0.15, 0.2) is 6.07 Å². The van der Waals surface area contributed by atoms with Crippen LogP contribution in [0.5, 0.6) is 0 Å². The number of hydrogen-bond acceptors (Lipinski definition) is 3. The van der Waals surface area contributed by atoms with E-state index in [0.29, 0.717) is 11.4 Å². The molecule has 1 atom stereocenters. The van der Waals surface area contributed by atoms with Crippen molar-refractivity contribution in [1.82, 2.24) is 9.78 Å². The Bertz CT molecular complexity index is 623. The molecule has 2 aromatic rings. The van der Waals surface area contributed by atoms with Crippen LogP contribution in [-0.2, 0) is 25.8 Å². The highest BCUT2D eigenvalue weighted by Crippen LogP contribution is 2.35. The van der Waals surface area contributed by atoms with Crippen LogP contribution >= 0.6 is 22.9 Å². The minimum Gasteiger partial charge on any atom is -0.387 e. The topological polar surface area (TPSA) is 38.0 Å². The number of nitrogens with zero attached hydrogens (tertiary/aromatic N) is 2. The summed E-state index contributed by atoms with van der Waals surface area (Å²) in [6.45, 7) is 4.73. The minimum atomic E-state index is -0.487. The Morgan fingerprint density at radius 3 is 2.90 bits per heavy atom. The van der Waals surface area contributed by atoms with E-state index in [-0.39, 0.29) is 0 Å². The van der Waals surface area contributed by atoms with Gasteiger partial charge in [-0.05, 0) is 51.2 Å². The normalized spacial score (nSPS) is 16.0. The van der Waals surface area contributed by atoms with Crippen LogP contribution in [0.4, 0.5) is 0 Å². The summed E-state index contributed by atoms with van der Waals surface area (Å²) in [6, 6.07) is 2.19. The summed E-state index contributed by atoms with van der Waals surface area (Å²) < 4.78 is 1.90. The molecule has 1 aliphatic carbocycles. The predicted molar refractivity (Wildman–Crippen MR) is 87.3 cm³/mol. The van der Waals surface area contributed by atoms with Crippen LogP contribution in [0.25, 0.3) is 0 Å². The number of aryl methyl sites for hydroxylation is 4. The number of hydrogen-bond donors (Lipinski definition) is 1. The molecule has 0 radical (unpaired) electrons. The molecule has 0 saturated carbocycles. The van der Waals surface area contributed by atoms with Crippen molar-refractivity contribution in [2.24, 2.45) is 0 Å². The Labute approximate surface area is 134 Å². The second kappa shape index (κ2) is 6.11. The molecule has 2 aromatic heterocycles. The van der Waals surface area contributed by atoms with Crippen LogP contribution < -0.4 is 0 Å². The average molecular weight is 325 g/mol. The number of fused-ring (bicyclic) bond motifs is 1. The number of rotatable bonds is 4. The highest BCUT2D eigenvalue weighted by molar-refractivity contribution is 7.12. The van der Waals surface area contributed by atoms with E-state index in [2.05, 4.69) is 11.2 Å². The number of halogens is 1. The van der Waals surface area contributed by atoms with Gasteiger partial charge in [-0.3, -0.25) is 4.68 Å². The molecule has 21 heavy (non-hydrogen) atoms. The van der Waals surface area contributed by atoms with Gasteiger partial charge in [-0.15, -0.1) is 11.3 Å². The molecule has 3 rings (SSSR count). The molecule has 3 nitrogen and oxygen atoms in total. The first-order valence-corrected chi connectivity index (χ1v) is 8.81. The maximum absolute atomic E-state index is 10.6. The van der Waals surface area contributed by atoms with Gasteiger partial charge in [0.2, 0.25) is 0 Å². The lowest BCUT2D eigenvalue weighted by Gasteiger charge is -2.10. The standard InChI is InChI=1S/C16H21ClN2OS/c1-3-19-12(16(17)10(2)18-19)9-13(20)15-8-11-6-4-5-7-14(11)21-15/h8,13,20H,3-7,9H2,1-2H3. The molecule has 114 valence electrons. The maximum Gasteiger partial charge on any atom is 0.0937 e. The van der Waals surface area contributed by atoms with Crippen molar-refractivity contribution >= 4 is 22.9 Å². The van der Waals surface area contributed by atoms with E-state index in [1.54, 1.807) is 11.3 Å².